The van der Waals surface area contributed by atoms with Gasteiger partial charge >= 0.3 is 0 Å². The summed E-state index contributed by atoms with van der Waals surface area (Å²) in [6.45, 7) is 0.483. The van der Waals surface area contributed by atoms with Crippen LogP contribution in [0.4, 0.5) is 0 Å². The summed E-state index contributed by atoms with van der Waals surface area (Å²) in [6.07, 6.45) is 1.49. The molecule has 1 aromatic carbocycles. The fourth-order valence-corrected chi connectivity index (χ4v) is 2.62. The van der Waals surface area contributed by atoms with E-state index in [2.05, 4.69) is 17.4 Å². The summed E-state index contributed by atoms with van der Waals surface area (Å²) >= 11 is 1.62. The summed E-state index contributed by atoms with van der Waals surface area (Å²) in [5, 5.41) is 11.8. The van der Waals surface area contributed by atoms with E-state index < -0.39 is 0 Å². The number of carbonyl (C=O) groups is 1. The summed E-state index contributed by atoms with van der Waals surface area (Å²) in [5.74, 6) is 1.36. The van der Waals surface area contributed by atoms with Crippen LogP contribution < -0.4 is 5.32 Å². The van der Waals surface area contributed by atoms with Crippen LogP contribution in [0.25, 0.3) is 0 Å². The fourth-order valence-electron chi connectivity index (χ4n) is 1.82. The minimum absolute atomic E-state index is 0.00133. The first-order chi connectivity index (χ1) is 9.76. The number of aryl methyl sites for hydroxylation is 1. The molecule has 1 unspecified atom stereocenters. The monoisotopic (exact) mass is 297 g/mol. The summed E-state index contributed by atoms with van der Waals surface area (Å²) in [4.78, 5) is 11.7. The van der Waals surface area contributed by atoms with E-state index in [9.17, 15) is 4.79 Å². The first kappa shape index (κ1) is 17.0. The van der Waals surface area contributed by atoms with Crippen molar-refractivity contribution in [3.05, 3.63) is 35.9 Å². The molecule has 20 heavy (non-hydrogen) atoms. The van der Waals surface area contributed by atoms with Crippen LogP contribution in [0.5, 0.6) is 0 Å². The molecule has 1 amide bonds. The normalized spacial score (nSPS) is 12.1. The van der Waals surface area contributed by atoms with Crippen molar-refractivity contribution in [3.63, 3.8) is 0 Å². The lowest BCUT2D eigenvalue weighted by Crippen LogP contribution is -2.39. The summed E-state index contributed by atoms with van der Waals surface area (Å²) in [7, 11) is 1.59. The van der Waals surface area contributed by atoms with Crippen molar-refractivity contribution in [1.29, 1.82) is 0 Å². The third-order valence-electron chi connectivity index (χ3n) is 2.82. The third kappa shape index (κ3) is 7.53. The molecule has 0 bridgehead atoms. The number of hydrogen-bond acceptors (Lipinski definition) is 4. The van der Waals surface area contributed by atoms with Gasteiger partial charge in [0.2, 0.25) is 5.91 Å². The number of aliphatic hydroxyl groups excluding tert-OH is 1. The summed E-state index contributed by atoms with van der Waals surface area (Å²) < 4.78 is 5.01. The number of benzene rings is 1. The van der Waals surface area contributed by atoms with Crippen LogP contribution >= 0.6 is 11.8 Å². The quantitative estimate of drug-likeness (QED) is 0.642. The zero-order chi connectivity index (χ0) is 14.6. The first-order valence-corrected chi connectivity index (χ1v) is 7.92. The zero-order valence-corrected chi connectivity index (χ0v) is 12.7. The molecular formula is C15H23NO3S. The predicted molar refractivity (Wildman–Crippen MR) is 83.0 cm³/mol. The average Bonchev–Trinajstić information content (AvgIpc) is 2.45. The highest BCUT2D eigenvalue weighted by atomic mass is 32.2. The van der Waals surface area contributed by atoms with Gasteiger partial charge in [-0.05, 0) is 24.2 Å². The highest BCUT2D eigenvalue weighted by molar-refractivity contribution is 7.99. The van der Waals surface area contributed by atoms with Crippen LogP contribution in [0.3, 0.4) is 0 Å². The van der Waals surface area contributed by atoms with Crippen LogP contribution in [0.2, 0.25) is 0 Å². The van der Waals surface area contributed by atoms with Gasteiger partial charge in [-0.15, -0.1) is 0 Å². The van der Waals surface area contributed by atoms with E-state index in [1.54, 1.807) is 18.9 Å². The molecule has 0 fully saturated rings. The Morgan fingerprint density at radius 2 is 2.15 bits per heavy atom. The highest BCUT2D eigenvalue weighted by Gasteiger charge is 2.11. The highest BCUT2D eigenvalue weighted by Crippen LogP contribution is 2.07. The van der Waals surface area contributed by atoms with E-state index in [0.29, 0.717) is 18.8 Å². The van der Waals surface area contributed by atoms with Gasteiger partial charge in [0.1, 0.15) is 0 Å². The molecule has 1 rings (SSSR count). The van der Waals surface area contributed by atoms with Crippen LogP contribution in [0, 0.1) is 0 Å². The lowest BCUT2D eigenvalue weighted by Gasteiger charge is -2.16. The smallest absolute Gasteiger partial charge is 0.230 e. The van der Waals surface area contributed by atoms with Gasteiger partial charge in [-0.1, -0.05) is 30.3 Å². The molecule has 5 heteroatoms. The third-order valence-corrected chi connectivity index (χ3v) is 3.78. The van der Waals surface area contributed by atoms with Crippen LogP contribution in [0.15, 0.2) is 30.3 Å². The molecule has 1 atom stereocenters. The average molecular weight is 297 g/mol. The van der Waals surface area contributed by atoms with Gasteiger partial charge in [-0.25, -0.2) is 0 Å². The van der Waals surface area contributed by atoms with Gasteiger partial charge in [0.15, 0.2) is 0 Å². The molecule has 112 valence electrons. The predicted octanol–water partition coefficient (Wildman–Crippen LogP) is 1.48. The second-order valence-electron chi connectivity index (χ2n) is 4.52. The van der Waals surface area contributed by atoms with Crippen LogP contribution in [-0.4, -0.2) is 48.9 Å². The van der Waals surface area contributed by atoms with E-state index in [1.807, 2.05) is 18.2 Å². The number of carbonyl (C=O) groups excluding carboxylic acids is 1. The molecule has 0 radical (unpaired) electrons. The Hall–Kier alpha value is -1.04. The number of hydrogen-bond donors (Lipinski definition) is 2. The van der Waals surface area contributed by atoms with Gasteiger partial charge < -0.3 is 15.2 Å². The van der Waals surface area contributed by atoms with Gasteiger partial charge in [-0.2, -0.15) is 11.8 Å². The van der Waals surface area contributed by atoms with Crippen molar-refractivity contribution in [2.45, 2.75) is 18.9 Å². The number of aliphatic hydroxyl groups is 1. The number of amides is 1. The molecule has 0 saturated carbocycles. The Morgan fingerprint density at radius 1 is 1.40 bits per heavy atom. The molecule has 1 aromatic rings. The lowest BCUT2D eigenvalue weighted by molar-refractivity contribution is -0.119. The second-order valence-corrected chi connectivity index (χ2v) is 5.63. The maximum atomic E-state index is 11.7. The summed E-state index contributed by atoms with van der Waals surface area (Å²) in [6, 6.07) is 10.1. The van der Waals surface area contributed by atoms with Crippen LogP contribution in [-0.2, 0) is 16.0 Å². The van der Waals surface area contributed by atoms with Crippen molar-refractivity contribution < 1.29 is 14.6 Å². The number of rotatable bonds is 10. The minimum atomic E-state index is -0.104. The number of nitrogens with one attached hydrogen (secondary N) is 1. The zero-order valence-electron chi connectivity index (χ0n) is 11.9. The Kier molecular flexibility index (Phi) is 9.11. The van der Waals surface area contributed by atoms with E-state index >= 15 is 0 Å². The molecule has 0 aliphatic heterocycles. The molecule has 4 nitrogen and oxygen atoms in total. The SMILES string of the molecule is COCC(CCO)NC(=O)CSCCc1ccccc1. The number of ether oxygens (including phenoxy) is 1. The van der Waals surface area contributed by atoms with Gasteiger partial charge in [-0.3, -0.25) is 4.79 Å². The lowest BCUT2D eigenvalue weighted by atomic mass is 10.2. The Labute approximate surface area is 124 Å². The fraction of sp³-hybridized carbons (Fsp3) is 0.533. The molecule has 0 aromatic heterocycles. The van der Waals surface area contributed by atoms with Crippen molar-refractivity contribution in [2.75, 3.05) is 31.8 Å². The Morgan fingerprint density at radius 3 is 2.80 bits per heavy atom. The Bertz CT molecular complexity index is 367. The first-order valence-electron chi connectivity index (χ1n) is 6.77. The van der Waals surface area contributed by atoms with E-state index in [4.69, 9.17) is 9.84 Å². The second kappa shape index (κ2) is 10.7. The van der Waals surface area contributed by atoms with Gasteiger partial charge in [0, 0.05) is 13.7 Å². The maximum absolute atomic E-state index is 11.7. The van der Waals surface area contributed by atoms with Gasteiger partial charge in [0.25, 0.3) is 0 Å². The van der Waals surface area contributed by atoms with Crippen LogP contribution in [0.1, 0.15) is 12.0 Å². The van der Waals surface area contributed by atoms with Gasteiger partial charge in [0.05, 0.1) is 18.4 Å². The van der Waals surface area contributed by atoms with Crippen molar-refractivity contribution in [2.24, 2.45) is 0 Å². The van der Waals surface area contributed by atoms with Crippen molar-refractivity contribution >= 4 is 17.7 Å². The van der Waals surface area contributed by atoms with E-state index in [-0.39, 0.29) is 18.6 Å². The largest absolute Gasteiger partial charge is 0.396 e. The molecule has 0 heterocycles. The Balaban J connectivity index is 2.15. The topological polar surface area (TPSA) is 58.6 Å². The number of thioether (sulfide) groups is 1. The molecule has 0 aliphatic carbocycles. The van der Waals surface area contributed by atoms with Crippen molar-refractivity contribution in [3.8, 4) is 0 Å². The molecule has 0 saturated heterocycles. The van der Waals surface area contributed by atoms with E-state index in [0.717, 1.165) is 12.2 Å². The standard InChI is InChI=1S/C15H23NO3S/c1-19-11-14(7-9-17)16-15(18)12-20-10-8-13-5-3-2-4-6-13/h2-6,14,17H,7-12H2,1H3,(H,16,18). The number of methoxy groups -OCH3 is 1. The molecule has 2 N–H and O–H groups in total. The molecule has 0 aliphatic rings. The minimum Gasteiger partial charge on any atom is -0.396 e. The van der Waals surface area contributed by atoms with E-state index in [1.165, 1.54) is 5.56 Å². The summed E-state index contributed by atoms with van der Waals surface area (Å²) in [5.41, 5.74) is 1.29. The molecule has 0 spiro atoms. The maximum Gasteiger partial charge on any atom is 0.230 e. The molecular weight excluding hydrogens is 274 g/mol. The van der Waals surface area contributed by atoms with Crippen molar-refractivity contribution in [1.82, 2.24) is 5.32 Å².